The zero-order valence-corrected chi connectivity index (χ0v) is 11.7. The van der Waals surface area contributed by atoms with Crippen molar-refractivity contribution < 1.29 is 13.6 Å². The Morgan fingerprint density at radius 1 is 1.29 bits per heavy atom. The highest BCUT2D eigenvalue weighted by Crippen LogP contribution is 2.21. The molecular formula is C15H15F2N3O. The van der Waals surface area contributed by atoms with E-state index in [0.29, 0.717) is 11.3 Å². The number of aromatic nitrogens is 1. The third-order valence-electron chi connectivity index (χ3n) is 3.24. The van der Waals surface area contributed by atoms with Crippen LogP contribution in [0.1, 0.15) is 18.5 Å². The Labute approximate surface area is 121 Å². The van der Waals surface area contributed by atoms with Crippen LogP contribution in [0.5, 0.6) is 0 Å². The summed E-state index contributed by atoms with van der Waals surface area (Å²) in [5.74, 6) is -1.84. The summed E-state index contributed by atoms with van der Waals surface area (Å²) in [5, 5.41) is 2.68. The summed E-state index contributed by atoms with van der Waals surface area (Å²) >= 11 is 0. The van der Waals surface area contributed by atoms with Crippen LogP contribution in [0, 0.1) is 11.6 Å². The van der Waals surface area contributed by atoms with Crippen LogP contribution in [0.4, 0.5) is 19.3 Å². The molecule has 0 spiro atoms. The zero-order valence-electron chi connectivity index (χ0n) is 11.7. The number of urea groups is 1. The molecule has 0 radical (unpaired) electrons. The maximum atomic E-state index is 13.2. The number of benzene rings is 1. The number of rotatable bonds is 3. The smallest absolute Gasteiger partial charge is 0.321 e. The van der Waals surface area contributed by atoms with Crippen molar-refractivity contribution in [1.82, 2.24) is 9.88 Å². The first-order chi connectivity index (χ1) is 9.99. The first-order valence-electron chi connectivity index (χ1n) is 6.38. The summed E-state index contributed by atoms with van der Waals surface area (Å²) in [6, 6.07) is 6.24. The first-order valence-corrected chi connectivity index (χ1v) is 6.38. The van der Waals surface area contributed by atoms with Gasteiger partial charge in [-0.1, -0.05) is 6.07 Å². The summed E-state index contributed by atoms with van der Waals surface area (Å²) in [4.78, 5) is 17.4. The number of carbonyl (C=O) groups is 1. The molecule has 2 aromatic rings. The van der Waals surface area contributed by atoms with Crippen LogP contribution in [0.2, 0.25) is 0 Å². The molecule has 1 atom stereocenters. The predicted octanol–water partition coefficient (Wildman–Crippen LogP) is 3.58. The van der Waals surface area contributed by atoms with E-state index in [4.69, 9.17) is 0 Å². The van der Waals surface area contributed by atoms with E-state index in [9.17, 15) is 13.6 Å². The molecule has 1 aromatic carbocycles. The fourth-order valence-corrected chi connectivity index (χ4v) is 1.82. The number of halogens is 2. The fourth-order valence-electron chi connectivity index (χ4n) is 1.82. The van der Waals surface area contributed by atoms with Crippen molar-refractivity contribution in [3.63, 3.8) is 0 Å². The van der Waals surface area contributed by atoms with Gasteiger partial charge >= 0.3 is 6.03 Å². The number of amides is 2. The van der Waals surface area contributed by atoms with Gasteiger partial charge in [-0.3, -0.25) is 4.98 Å². The van der Waals surface area contributed by atoms with Crippen molar-refractivity contribution in [2.45, 2.75) is 13.0 Å². The molecule has 0 aliphatic rings. The van der Waals surface area contributed by atoms with Crippen LogP contribution in [0.15, 0.2) is 42.7 Å². The molecule has 1 unspecified atom stereocenters. The molecule has 2 rings (SSSR count). The van der Waals surface area contributed by atoms with E-state index >= 15 is 0 Å². The summed E-state index contributed by atoms with van der Waals surface area (Å²) in [6.45, 7) is 1.73. The molecule has 1 aromatic heterocycles. The number of hydrogen-bond acceptors (Lipinski definition) is 2. The van der Waals surface area contributed by atoms with Gasteiger partial charge in [0, 0.05) is 13.2 Å². The Hall–Kier alpha value is -2.50. The lowest BCUT2D eigenvalue weighted by atomic mass is 10.1. The van der Waals surface area contributed by atoms with Crippen LogP contribution in [0.25, 0.3) is 0 Å². The molecule has 21 heavy (non-hydrogen) atoms. The minimum Gasteiger partial charge on any atom is -0.321 e. The van der Waals surface area contributed by atoms with E-state index in [1.807, 2.05) is 0 Å². The van der Waals surface area contributed by atoms with Gasteiger partial charge in [-0.05, 0) is 36.8 Å². The third kappa shape index (κ3) is 3.53. The molecule has 0 bridgehead atoms. The fraction of sp³-hybridized carbons (Fsp3) is 0.200. The van der Waals surface area contributed by atoms with Gasteiger partial charge in [0.2, 0.25) is 0 Å². The van der Waals surface area contributed by atoms with Crippen molar-refractivity contribution in [3.8, 4) is 0 Å². The predicted molar refractivity (Wildman–Crippen MR) is 75.8 cm³/mol. The van der Waals surface area contributed by atoms with E-state index in [2.05, 4.69) is 10.3 Å². The molecule has 110 valence electrons. The van der Waals surface area contributed by atoms with E-state index in [1.165, 1.54) is 17.2 Å². The highest BCUT2D eigenvalue weighted by atomic mass is 19.2. The minimum atomic E-state index is -0.930. The van der Waals surface area contributed by atoms with Crippen LogP contribution in [-0.2, 0) is 0 Å². The Balaban J connectivity index is 2.09. The van der Waals surface area contributed by atoms with Gasteiger partial charge in [0.25, 0.3) is 0 Å². The number of pyridine rings is 1. The topological polar surface area (TPSA) is 45.2 Å². The van der Waals surface area contributed by atoms with Gasteiger partial charge in [0.1, 0.15) is 0 Å². The third-order valence-corrected chi connectivity index (χ3v) is 3.24. The molecule has 0 fully saturated rings. The van der Waals surface area contributed by atoms with Crippen LogP contribution < -0.4 is 5.32 Å². The molecular weight excluding hydrogens is 276 g/mol. The van der Waals surface area contributed by atoms with Gasteiger partial charge in [0.05, 0.1) is 17.9 Å². The maximum Gasteiger partial charge on any atom is 0.322 e. The highest BCUT2D eigenvalue weighted by Gasteiger charge is 2.18. The molecule has 0 saturated carbocycles. The lowest BCUT2D eigenvalue weighted by Gasteiger charge is -2.25. The lowest BCUT2D eigenvalue weighted by molar-refractivity contribution is 0.208. The lowest BCUT2D eigenvalue weighted by Crippen LogP contribution is -2.33. The second kappa shape index (κ2) is 6.30. The second-order valence-electron chi connectivity index (χ2n) is 4.63. The van der Waals surface area contributed by atoms with Crippen LogP contribution in [-0.4, -0.2) is 23.0 Å². The molecule has 0 aliphatic heterocycles. The van der Waals surface area contributed by atoms with Gasteiger partial charge < -0.3 is 10.2 Å². The van der Waals surface area contributed by atoms with Gasteiger partial charge in [-0.15, -0.1) is 0 Å². The SMILES string of the molecule is CC(c1ccc(F)c(F)c1)N(C)C(=O)Nc1cccnc1. The molecule has 1 heterocycles. The van der Waals surface area contributed by atoms with Crippen molar-refractivity contribution >= 4 is 11.7 Å². The summed E-state index contributed by atoms with van der Waals surface area (Å²) in [5.41, 5.74) is 1.07. The molecule has 6 heteroatoms. The quantitative estimate of drug-likeness (QED) is 0.939. The maximum absolute atomic E-state index is 13.2. The summed E-state index contributed by atoms with van der Waals surface area (Å²) in [6.07, 6.45) is 3.12. The first kappa shape index (κ1) is 14.9. The van der Waals surface area contributed by atoms with E-state index in [0.717, 1.165) is 12.1 Å². The molecule has 4 nitrogen and oxygen atoms in total. The van der Waals surface area contributed by atoms with E-state index in [-0.39, 0.29) is 6.03 Å². The Bertz CT molecular complexity index is 634. The Morgan fingerprint density at radius 2 is 2.05 bits per heavy atom. The molecule has 0 aliphatic carbocycles. The standard InChI is InChI=1S/C15H15F2N3O/c1-10(11-5-6-13(16)14(17)8-11)20(2)15(21)19-12-4-3-7-18-9-12/h3-10H,1-2H3,(H,19,21). The van der Waals surface area contributed by atoms with Gasteiger partial charge in [-0.25, -0.2) is 13.6 Å². The minimum absolute atomic E-state index is 0.361. The van der Waals surface area contributed by atoms with Crippen molar-refractivity contribution in [2.24, 2.45) is 0 Å². The Kier molecular flexibility index (Phi) is 4.47. The highest BCUT2D eigenvalue weighted by molar-refractivity contribution is 5.89. The molecule has 0 saturated heterocycles. The van der Waals surface area contributed by atoms with Gasteiger partial charge in [0.15, 0.2) is 11.6 Å². The largest absolute Gasteiger partial charge is 0.322 e. The van der Waals surface area contributed by atoms with E-state index < -0.39 is 17.7 Å². The molecule has 2 amide bonds. The molecule has 1 N–H and O–H groups in total. The van der Waals surface area contributed by atoms with E-state index in [1.54, 1.807) is 32.3 Å². The second-order valence-corrected chi connectivity index (χ2v) is 4.63. The number of carbonyl (C=O) groups excluding carboxylic acids is 1. The van der Waals surface area contributed by atoms with Crippen LogP contribution in [0.3, 0.4) is 0 Å². The Morgan fingerprint density at radius 3 is 2.67 bits per heavy atom. The average Bonchev–Trinajstić information content (AvgIpc) is 2.49. The van der Waals surface area contributed by atoms with Crippen molar-refractivity contribution in [1.29, 1.82) is 0 Å². The summed E-state index contributed by atoms with van der Waals surface area (Å²) in [7, 11) is 1.58. The normalized spacial score (nSPS) is 11.8. The van der Waals surface area contributed by atoms with Gasteiger partial charge in [-0.2, -0.15) is 0 Å². The number of nitrogens with zero attached hydrogens (tertiary/aromatic N) is 2. The number of hydrogen-bond donors (Lipinski definition) is 1. The number of nitrogens with one attached hydrogen (secondary N) is 1. The van der Waals surface area contributed by atoms with Crippen molar-refractivity contribution in [3.05, 3.63) is 59.9 Å². The summed E-state index contributed by atoms with van der Waals surface area (Å²) < 4.78 is 26.2. The van der Waals surface area contributed by atoms with Crippen LogP contribution >= 0.6 is 0 Å². The van der Waals surface area contributed by atoms with Crippen molar-refractivity contribution in [2.75, 3.05) is 12.4 Å². The average molecular weight is 291 g/mol. The zero-order chi connectivity index (χ0) is 15.4. The number of anilines is 1. The monoisotopic (exact) mass is 291 g/mol.